The van der Waals surface area contributed by atoms with Gasteiger partial charge in [-0.1, -0.05) is 0 Å². The van der Waals surface area contributed by atoms with Gasteiger partial charge in [0.1, 0.15) is 5.56 Å². The fourth-order valence-corrected chi connectivity index (χ4v) is 2.10. The first kappa shape index (κ1) is 15.4. The van der Waals surface area contributed by atoms with E-state index in [4.69, 9.17) is 4.74 Å². The standard InChI is InChI=1S/C10H18N4O4S/c1-6-18-10(15)8-7(2)11-14(5)9(8)12-19(16,17)13(3)4/h12H,6H2,1-5H3. The maximum absolute atomic E-state index is 11.8. The minimum atomic E-state index is -3.72. The lowest BCUT2D eigenvalue weighted by Crippen LogP contribution is -2.30. The van der Waals surface area contributed by atoms with Crippen molar-refractivity contribution in [1.29, 1.82) is 0 Å². The van der Waals surface area contributed by atoms with Crippen LogP contribution in [0.2, 0.25) is 0 Å². The van der Waals surface area contributed by atoms with Crippen molar-refractivity contribution >= 4 is 22.0 Å². The van der Waals surface area contributed by atoms with Crippen LogP contribution in [0.4, 0.5) is 5.82 Å². The Hall–Kier alpha value is -1.61. The molecule has 9 heteroatoms. The summed E-state index contributed by atoms with van der Waals surface area (Å²) in [5.74, 6) is -0.519. The molecule has 0 atom stereocenters. The first-order valence-electron chi connectivity index (χ1n) is 5.61. The summed E-state index contributed by atoms with van der Waals surface area (Å²) in [6.07, 6.45) is 0. The van der Waals surface area contributed by atoms with Gasteiger partial charge in [0.2, 0.25) is 0 Å². The van der Waals surface area contributed by atoms with Crippen LogP contribution in [0.3, 0.4) is 0 Å². The van der Waals surface area contributed by atoms with Crippen LogP contribution in [0, 0.1) is 6.92 Å². The molecule has 0 aliphatic heterocycles. The Morgan fingerprint density at radius 2 is 2.05 bits per heavy atom. The van der Waals surface area contributed by atoms with Crippen LogP contribution in [-0.2, 0) is 22.0 Å². The number of ether oxygens (including phenoxy) is 1. The summed E-state index contributed by atoms with van der Waals surface area (Å²) in [4.78, 5) is 11.8. The van der Waals surface area contributed by atoms with E-state index in [0.717, 1.165) is 4.31 Å². The van der Waals surface area contributed by atoms with E-state index in [1.165, 1.54) is 18.8 Å². The third-order valence-electron chi connectivity index (χ3n) is 2.41. The molecule has 0 bridgehead atoms. The maximum atomic E-state index is 11.8. The van der Waals surface area contributed by atoms with Crippen molar-refractivity contribution in [3.05, 3.63) is 11.3 Å². The molecule has 0 unspecified atom stereocenters. The van der Waals surface area contributed by atoms with Crippen molar-refractivity contribution in [2.75, 3.05) is 25.4 Å². The van der Waals surface area contributed by atoms with E-state index in [0.29, 0.717) is 5.69 Å². The Kier molecular flexibility index (Phi) is 4.53. The Morgan fingerprint density at radius 1 is 1.47 bits per heavy atom. The monoisotopic (exact) mass is 290 g/mol. The molecule has 8 nitrogen and oxygen atoms in total. The van der Waals surface area contributed by atoms with E-state index in [9.17, 15) is 13.2 Å². The molecule has 0 radical (unpaired) electrons. The van der Waals surface area contributed by atoms with E-state index in [-0.39, 0.29) is 18.0 Å². The van der Waals surface area contributed by atoms with Crippen molar-refractivity contribution < 1.29 is 17.9 Å². The van der Waals surface area contributed by atoms with Crippen LogP contribution in [0.25, 0.3) is 0 Å². The number of carbonyl (C=O) groups excluding carboxylic acids is 1. The Labute approximate surface area is 112 Å². The highest BCUT2D eigenvalue weighted by atomic mass is 32.2. The predicted molar refractivity (Wildman–Crippen MR) is 70.1 cm³/mol. The van der Waals surface area contributed by atoms with Gasteiger partial charge in [-0.05, 0) is 13.8 Å². The number of esters is 1. The molecule has 0 spiro atoms. The second-order valence-electron chi connectivity index (χ2n) is 4.04. The summed E-state index contributed by atoms with van der Waals surface area (Å²) in [5, 5.41) is 4.03. The molecule has 19 heavy (non-hydrogen) atoms. The number of rotatable bonds is 5. The number of nitrogens with zero attached hydrogens (tertiary/aromatic N) is 3. The molecule has 0 aromatic carbocycles. The fourth-order valence-electron chi connectivity index (χ4n) is 1.44. The van der Waals surface area contributed by atoms with Crippen molar-refractivity contribution in [3.63, 3.8) is 0 Å². The number of carbonyl (C=O) groups is 1. The van der Waals surface area contributed by atoms with Crippen LogP contribution < -0.4 is 4.72 Å². The van der Waals surface area contributed by atoms with E-state index in [2.05, 4.69) is 9.82 Å². The number of anilines is 1. The minimum Gasteiger partial charge on any atom is -0.462 e. The SMILES string of the molecule is CCOC(=O)c1c(C)nn(C)c1NS(=O)(=O)N(C)C. The third kappa shape index (κ3) is 3.24. The number of nitrogens with one attached hydrogen (secondary N) is 1. The van der Waals surface area contributed by atoms with Gasteiger partial charge in [-0.2, -0.15) is 17.8 Å². The average molecular weight is 290 g/mol. The molecule has 1 N–H and O–H groups in total. The van der Waals surface area contributed by atoms with Gasteiger partial charge >= 0.3 is 16.2 Å². The summed E-state index contributed by atoms with van der Waals surface area (Å²) in [6, 6.07) is 0. The molecular weight excluding hydrogens is 272 g/mol. The predicted octanol–water partition coefficient (Wildman–Crippen LogP) is 0.124. The molecular formula is C10H18N4O4S. The zero-order chi connectivity index (χ0) is 14.8. The molecule has 0 amide bonds. The molecule has 108 valence electrons. The van der Waals surface area contributed by atoms with Crippen LogP contribution in [0.5, 0.6) is 0 Å². The second kappa shape index (κ2) is 5.57. The fraction of sp³-hybridized carbons (Fsp3) is 0.600. The summed E-state index contributed by atoms with van der Waals surface area (Å²) in [6.45, 7) is 3.49. The Morgan fingerprint density at radius 3 is 2.53 bits per heavy atom. The van der Waals surface area contributed by atoms with Crippen LogP contribution in [0.1, 0.15) is 23.0 Å². The number of hydrogen-bond acceptors (Lipinski definition) is 5. The van der Waals surface area contributed by atoms with Crippen LogP contribution >= 0.6 is 0 Å². The van der Waals surface area contributed by atoms with Gasteiger partial charge in [-0.3, -0.25) is 9.40 Å². The van der Waals surface area contributed by atoms with Gasteiger partial charge in [0.05, 0.1) is 12.3 Å². The Bertz CT molecular complexity index is 577. The lowest BCUT2D eigenvalue weighted by molar-refractivity contribution is 0.0527. The van der Waals surface area contributed by atoms with Gasteiger partial charge in [0.25, 0.3) is 0 Å². The zero-order valence-corrected chi connectivity index (χ0v) is 12.4. The van der Waals surface area contributed by atoms with Crippen molar-refractivity contribution in [1.82, 2.24) is 14.1 Å². The number of aryl methyl sites for hydroxylation is 2. The van der Waals surface area contributed by atoms with Gasteiger partial charge < -0.3 is 4.74 Å². The molecule has 0 aliphatic rings. The van der Waals surface area contributed by atoms with Gasteiger partial charge in [0.15, 0.2) is 5.82 Å². The quantitative estimate of drug-likeness (QED) is 0.778. The van der Waals surface area contributed by atoms with E-state index in [1.807, 2.05) is 0 Å². The summed E-state index contributed by atoms with van der Waals surface area (Å²) >= 11 is 0. The highest BCUT2D eigenvalue weighted by Gasteiger charge is 2.25. The summed E-state index contributed by atoms with van der Waals surface area (Å²) < 4.78 is 33.1. The first-order chi connectivity index (χ1) is 8.70. The molecule has 0 saturated heterocycles. The minimum absolute atomic E-state index is 0.0876. The summed E-state index contributed by atoms with van der Waals surface area (Å²) in [5.41, 5.74) is 0.521. The van der Waals surface area contributed by atoms with Crippen LogP contribution in [-0.4, -0.2) is 49.2 Å². The third-order valence-corrected chi connectivity index (χ3v) is 3.82. The van der Waals surface area contributed by atoms with E-state index in [1.54, 1.807) is 20.9 Å². The normalized spacial score (nSPS) is 11.7. The van der Waals surface area contributed by atoms with Gasteiger partial charge in [-0.25, -0.2) is 4.79 Å². The van der Waals surface area contributed by atoms with Gasteiger partial charge in [-0.15, -0.1) is 0 Å². The molecule has 1 rings (SSSR count). The highest BCUT2D eigenvalue weighted by molar-refractivity contribution is 7.90. The Balaban J connectivity index is 3.25. The summed E-state index contributed by atoms with van der Waals surface area (Å²) in [7, 11) is 0.597. The van der Waals surface area contributed by atoms with Crippen molar-refractivity contribution in [2.24, 2.45) is 7.05 Å². The molecule has 1 aromatic heterocycles. The number of hydrogen-bond donors (Lipinski definition) is 1. The maximum Gasteiger partial charge on any atom is 0.343 e. The molecule has 0 saturated carbocycles. The molecule has 0 aliphatic carbocycles. The molecule has 0 fully saturated rings. The largest absolute Gasteiger partial charge is 0.462 e. The lowest BCUT2D eigenvalue weighted by Gasteiger charge is -2.14. The smallest absolute Gasteiger partial charge is 0.343 e. The topological polar surface area (TPSA) is 93.5 Å². The van der Waals surface area contributed by atoms with Crippen molar-refractivity contribution in [3.8, 4) is 0 Å². The van der Waals surface area contributed by atoms with Crippen molar-refractivity contribution in [2.45, 2.75) is 13.8 Å². The highest BCUT2D eigenvalue weighted by Crippen LogP contribution is 2.21. The molecule has 1 heterocycles. The van der Waals surface area contributed by atoms with E-state index >= 15 is 0 Å². The first-order valence-corrected chi connectivity index (χ1v) is 7.05. The van der Waals surface area contributed by atoms with E-state index < -0.39 is 16.2 Å². The average Bonchev–Trinajstić information content (AvgIpc) is 2.53. The lowest BCUT2D eigenvalue weighted by atomic mass is 10.2. The zero-order valence-electron chi connectivity index (χ0n) is 11.6. The van der Waals surface area contributed by atoms with Crippen LogP contribution in [0.15, 0.2) is 0 Å². The second-order valence-corrected chi connectivity index (χ2v) is 5.93. The molecule has 1 aromatic rings. The number of aromatic nitrogens is 2. The van der Waals surface area contributed by atoms with Gasteiger partial charge in [0, 0.05) is 21.1 Å².